The Labute approximate surface area is 139 Å². The zero-order chi connectivity index (χ0) is 15.9. The van der Waals surface area contributed by atoms with Crippen LogP contribution in [-0.2, 0) is 12.7 Å². The highest BCUT2D eigenvalue weighted by atomic mass is 35.5. The molecule has 2 aliphatic rings. The normalized spacial score (nSPS) is 24.7. The number of hydrogen-bond donors (Lipinski definition) is 2. The first kappa shape index (κ1) is 14.5. The molecule has 0 aromatic carbocycles. The van der Waals surface area contributed by atoms with Crippen molar-refractivity contribution in [3.63, 3.8) is 0 Å². The first-order chi connectivity index (χ1) is 11.2. The second kappa shape index (κ2) is 5.54. The van der Waals surface area contributed by atoms with Crippen molar-refractivity contribution in [3.05, 3.63) is 53.2 Å². The van der Waals surface area contributed by atoms with Gasteiger partial charge in [-0.05, 0) is 18.9 Å². The number of aromatic nitrogens is 4. The molecule has 23 heavy (non-hydrogen) atoms. The Hall–Kier alpha value is -2.05. The standard InChI is InChI=1S/C16H19ClN6/c1-22-11-13(9-20-22)16(23-6-2-3-7-23)5-4-12(8-18-16)14-10-19-21-15(14)17/h4-5,8-11,18H,2-3,6-7H2,1H3,(H,19,21). The van der Waals surface area contributed by atoms with Gasteiger partial charge in [0.25, 0.3) is 0 Å². The van der Waals surface area contributed by atoms with Crippen molar-refractivity contribution >= 4 is 17.2 Å². The van der Waals surface area contributed by atoms with Crippen molar-refractivity contribution in [1.29, 1.82) is 0 Å². The van der Waals surface area contributed by atoms with E-state index in [4.69, 9.17) is 11.6 Å². The molecule has 1 atom stereocenters. The molecule has 6 nitrogen and oxygen atoms in total. The number of H-pyrrole nitrogens is 1. The van der Waals surface area contributed by atoms with Crippen LogP contribution in [0.2, 0.25) is 5.15 Å². The zero-order valence-electron chi connectivity index (χ0n) is 13.0. The first-order valence-corrected chi connectivity index (χ1v) is 8.17. The number of hydrogen-bond acceptors (Lipinski definition) is 4. The molecule has 0 bridgehead atoms. The van der Waals surface area contributed by atoms with Crippen molar-refractivity contribution in [2.75, 3.05) is 13.1 Å². The number of nitrogens with one attached hydrogen (secondary N) is 2. The largest absolute Gasteiger partial charge is 0.365 e. The molecule has 2 aromatic rings. The van der Waals surface area contributed by atoms with E-state index in [0.29, 0.717) is 5.15 Å². The Morgan fingerprint density at radius 2 is 2.09 bits per heavy atom. The van der Waals surface area contributed by atoms with Crippen LogP contribution in [0.4, 0.5) is 0 Å². The molecular formula is C16H19ClN6. The van der Waals surface area contributed by atoms with Gasteiger partial charge in [-0.15, -0.1) is 0 Å². The number of aromatic amines is 1. The number of aryl methyl sites for hydroxylation is 1. The summed E-state index contributed by atoms with van der Waals surface area (Å²) in [7, 11) is 1.94. The van der Waals surface area contributed by atoms with Gasteiger partial charge >= 0.3 is 0 Å². The summed E-state index contributed by atoms with van der Waals surface area (Å²) in [6.07, 6.45) is 14.5. The molecule has 0 spiro atoms. The molecule has 1 saturated heterocycles. The first-order valence-electron chi connectivity index (χ1n) is 7.79. The van der Waals surface area contributed by atoms with Gasteiger partial charge in [0.05, 0.1) is 12.4 Å². The number of dihydropyridines is 1. The molecule has 1 unspecified atom stereocenters. The Balaban J connectivity index is 1.71. The van der Waals surface area contributed by atoms with Crippen LogP contribution in [0.15, 0.2) is 36.9 Å². The van der Waals surface area contributed by atoms with Gasteiger partial charge in [0.15, 0.2) is 0 Å². The van der Waals surface area contributed by atoms with Crippen LogP contribution < -0.4 is 5.32 Å². The molecule has 4 heterocycles. The fraction of sp³-hybridized carbons (Fsp3) is 0.375. The molecule has 4 rings (SSSR count). The topological polar surface area (TPSA) is 61.8 Å². The second-order valence-corrected chi connectivity index (χ2v) is 6.42. The minimum Gasteiger partial charge on any atom is -0.365 e. The van der Waals surface area contributed by atoms with E-state index in [1.54, 1.807) is 6.20 Å². The molecule has 2 aromatic heterocycles. The number of likely N-dealkylation sites (tertiary alicyclic amines) is 1. The summed E-state index contributed by atoms with van der Waals surface area (Å²) < 4.78 is 1.84. The maximum absolute atomic E-state index is 6.15. The van der Waals surface area contributed by atoms with Crippen molar-refractivity contribution in [2.24, 2.45) is 7.05 Å². The minimum absolute atomic E-state index is 0.343. The third-order valence-electron chi connectivity index (χ3n) is 4.61. The summed E-state index contributed by atoms with van der Waals surface area (Å²) in [6, 6.07) is 0. The van der Waals surface area contributed by atoms with Crippen LogP contribution in [-0.4, -0.2) is 38.0 Å². The molecule has 0 saturated carbocycles. The predicted molar refractivity (Wildman–Crippen MR) is 89.5 cm³/mol. The highest BCUT2D eigenvalue weighted by molar-refractivity contribution is 6.31. The van der Waals surface area contributed by atoms with E-state index in [9.17, 15) is 0 Å². The Bertz CT molecular complexity index is 767. The van der Waals surface area contributed by atoms with Gasteiger partial charge in [0, 0.05) is 49.2 Å². The van der Waals surface area contributed by atoms with Crippen molar-refractivity contribution in [2.45, 2.75) is 18.5 Å². The third kappa shape index (κ3) is 2.38. The second-order valence-electron chi connectivity index (χ2n) is 6.04. The highest BCUT2D eigenvalue weighted by Crippen LogP contribution is 2.35. The number of nitrogens with zero attached hydrogens (tertiary/aromatic N) is 4. The molecule has 0 aliphatic carbocycles. The highest BCUT2D eigenvalue weighted by Gasteiger charge is 2.39. The lowest BCUT2D eigenvalue weighted by Gasteiger charge is -2.41. The summed E-state index contributed by atoms with van der Waals surface area (Å²) in [4.78, 5) is 2.46. The van der Waals surface area contributed by atoms with E-state index in [0.717, 1.165) is 29.8 Å². The van der Waals surface area contributed by atoms with Gasteiger partial charge in [0.1, 0.15) is 10.8 Å². The summed E-state index contributed by atoms with van der Waals surface area (Å²) in [5.41, 5.74) is 2.72. The maximum atomic E-state index is 6.15. The molecule has 2 aliphatic heterocycles. The quantitative estimate of drug-likeness (QED) is 0.906. The third-order valence-corrected chi connectivity index (χ3v) is 4.89. The lowest BCUT2D eigenvalue weighted by Crippen LogP contribution is -2.52. The molecule has 1 fully saturated rings. The van der Waals surface area contributed by atoms with Crippen molar-refractivity contribution < 1.29 is 0 Å². The number of allylic oxidation sites excluding steroid dienone is 2. The van der Waals surface area contributed by atoms with Gasteiger partial charge in [-0.3, -0.25) is 14.7 Å². The average molecular weight is 331 g/mol. The smallest absolute Gasteiger partial charge is 0.139 e. The fourth-order valence-corrected chi connectivity index (χ4v) is 3.59. The Morgan fingerprint density at radius 1 is 1.26 bits per heavy atom. The van der Waals surface area contributed by atoms with Crippen LogP contribution in [0.5, 0.6) is 0 Å². The molecule has 0 amide bonds. The summed E-state index contributed by atoms with van der Waals surface area (Å²) in [5.74, 6) is 0. The van der Waals surface area contributed by atoms with E-state index >= 15 is 0 Å². The summed E-state index contributed by atoms with van der Waals surface area (Å²) in [6.45, 7) is 2.14. The molecule has 120 valence electrons. The van der Waals surface area contributed by atoms with Crippen LogP contribution in [0, 0.1) is 0 Å². The van der Waals surface area contributed by atoms with Crippen LogP contribution >= 0.6 is 11.6 Å². The molecule has 7 heteroatoms. The summed E-state index contributed by atoms with van der Waals surface area (Å²) >= 11 is 6.15. The Kier molecular flexibility index (Phi) is 3.50. The molecular weight excluding hydrogens is 312 g/mol. The van der Waals surface area contributed by atoms with E-state index in [-0.39, 0.29) is 5.66 Å². The average Bonchev–Trinajstić information content (AvgIpc) is 3.29. The predicted octanol–water partition coefficient (Wildman–Crippen LogP) is 2.25. The van der Waals surface area contributed by atoms with Crippen molar-refractivity contribution in [1.82, 2.24) is 30.2 Å². The lowest BCUT2D eigenvalue weighted by molar-refractivity contribution is 0.141. The minimum atomic E-state index is -0.343. The van der Waals surface area contributed by atoms with Crippen LogP contribution in [0.3, 0.4) is 0 Å². The SMILES string of the molecule is Cn1cc(C2(N3CCCC3)C=CC(c3cn[nH]c3Cl)=CN2)cn1. The summed E-state index contributed by atoms with van der Waals surface area (Å²) in [5, 5.41) is 15.3. The van der Waals surface area contributed by atoms with Gasteiger partial charge < -0.3 is 5.32 Å². The van der Waals surface area contributed by atoms with Gasteiger partial charge in [-0.25, -0.2) is 0 Å². The van der Waals surface area contributed by atoms with E-state index in [1.165, 1.54) is 12.8 Å². The van der Waals surface area contributed by atoms with Gasteiger partial charge in [-0.1, -0.05) is 17.7 Å². The zero-order valence-corrected chi connectivity index (χ0v) is 13.7. The lowest BCUT2D eigenvalue weighted by atomic mass is 9.95. The molecule has 0 radical (unpaired) electrons. The molecule has 2 N–H and O–H groups in total. The monoisotopic (exact) mass is 330 g/mol. The fourth-order valence-electron chi connectivity index (χ4n) is 3.38. The van der Waals surface area contributed by atoms with Crippen LogP contribution in [0.1, 0.15) is 24.0 Å². The van der Waals surface area contributed by atoms with Gasteiger partial charge in [-0.2, -0.15) is 10.2 Å². The van der Waals surface area contributed by atoms with E-state index < -0.39 is 0 Å². The number of halogens is 1. The Morgan fingerprint density at radius 3 is 2.65 bits per heavy atom. The van der Waals surface area contributed by atoms with E-state index in [1.807, 2.05) is 24.1 Å². The number of rotatable bonds is 3. The van der Waals surface area contributed by atoms with Crippen LogP contribution in [0.25, 0.3) is 5.57 Å². The maximum Gasteiger partial charge on any atom is 0.139 e. The van der Waals surface area contributed by atoms with Gasteiger partial charge in [0.2, 0.25) is 0 Å². The van der Waals surface area contributed by atoms with Crippen molar-refractivity contribution in [3.8, 4) is 0 Å². The van der Waals surface area contributed by atoms with E-state index in [2.05, 4.69) is 43.9 Å².